The molecule has 0 aliphatic carbocycles. The van der Waals surface area contributed by atoms with Crippen molar-refractivity contribution in [3.8, 4) is 0 Å². The van der Waals surface area contributed by atoms with Gasteiger partial charge in [0.2, 0.25) is 10.0 Å². The Kier molecular flexibility index (Phi) is 4.31. The topological polar surface area (TPSA) is 92.4 Å². The van der Waals surface area contributed by atoms with Gasteiger partial charge in [0.15, 0.2) is 0 Å². The van der Waals surface area contributed by atoms with Gasteiger partial charge in [-0.2, -0.15) is 0 Å². The summed E-state index contributed by atoms with van der Waals surface area (Å²) in [6.45, 7) is 3.43. The molecular weight excluding hydrogens is 248 g/mol. The van der Waals surface area contributed by atoms with Crippen LogP contribution in [0.2, 0.25) is 0 Å². The van der Waals surface area contributed by atoms with Gasteiger partial charge in [-0.1, -0.05) is 6.92 Å². The van der Waals surface area contributed by atoms with E-state index in [2.05, 4.69) is 4.72 Å². The van der Waals surface area contributed by atoms with Crippen LogP contribution in [0.3, 0.4) is 0 Å². The highest BCUT2D eigenvalue weighted by atomic mass is 32.2. The van der Waals surface area contributed by atoms with E-state index >= 15 is 0 Å². The monoisotopic (exact) mass is 264 g/mol. The smallest absolute Gasteiger partial charge is 0.250 e. The zero-order chi connectivity index (χ0) is 12.3. The van der Waals surface area contributed by atoms with Gasteiger partial charge in [0.05, 0.1) is 0 Å². The predicted molar refractivity (Wildman–Crippen MR) is 64.8 cm³/mol. The molecule has 2 unspecified atom stereocenters. The zero-order valence-corrected chi connectivity index (χ0v) is 10.8. The lowest BCUT2D eigenvalue weighted by molar-refractivity contribution is 0.216. The first-order valence-electron chi connectivity index (χ1n) is 4.84. The molecule has 0 amide bonds. The first-order chi connectivity index (χ1) is 7.36. The Balaban J connectivity index is 2.80. The van der Waals surface area contributed by atoms with Crippen molar-refractivity contribution in [3.05, 3.63) is 11.4 Å². The summed E-state index contributed by atoms with van der Waals surface area (Å²) < 4.78 is 26.4. The lowest BCUT2D eigenvalue weighted by atomic mass is 10.1. The Bertz CT molecular complexity index is 441. The molecule has 0 aromatic carbocycles. The van der Waals surface area contributed by atoms with Crippen molar-refractivity contribution in [2.24, 2.45) is 5.92 Å². The number of nitrogens with one attached hydrogen (secondary N) is 1. The van der Waals surface area contributed by atoms with Crippen LogP contribution in [0.25, 0.3) is 0 Å². The summed E-state index contributed by atoms with van der Waals surface area (Å²) in [5.74, 6) is -0.132. The van der Waals surface area contributed by atoms with Crippen molar-refractivity contribution < 1.29 is 13.5 Å². The summed E-state index contributed by atoms with van der Waals surface area (Å²) in [5, 5.41) is 10.5. The molecule has 2 atom stereocenters. The predicted octanol–water partition coefficient (Wildman–Crippen LogP) is 0.625. The maximum Gasteiger partial charge on any atom is 0.250 e. The van der Waals surface area contributed by atoms with Gasteiger partial charge < -0.3 is 10.8 Å². The zero-order valence-electron chi connectivity index (χ0n) is 9.17. The van der Waals surface area contributed by atoms with Crippen molar-refractivity contribution in [1.29, 1.82) is 0 Å². The standard InChI is InChI=1S/C9H16N2O3S2/c1-6(4-12)7(2)11-16(13,14)9-3-8(10)5-15-9/h3,5-7,11-12H,4,10H2,1-2H3. The van der Waals surface area contributed by atoms with Crippen LogP contribution in [0.4, 0.5) is 5.69 Å². The van der Waals surface area contributed by atoms with Gasteiger partial charge in [-0.3, -0.25) is 0 Å². The van der Waals surface area contributed by atoms with E-state index in [0.29, 0.717) is 5.69 Å². The van der Waals surface area contributed by atoms with Crippen LogP contribution in [0.5, 0.6) is 0 Å². The van der Waals surface area contributed by atoms with E-state index in [9.17, 15) is 8.42 Å². The summed E-state index contributed by atoms with van der Waals surface area (Å²) in [6, 6.07) is 1.10. The highest BCUT2D eigenvalue weighted by Gasteiger charge is 2.21. The first-order valence-corrected chi connectivity index (χ1v) is 7.20. The maximum absolute atomic E-state index is 11.8. The Labute approximate surface area is 99.3 Å². The third kappa shape index (κ3) is 3.18. The SMILES string of the molecule is CC(CO)C(C)NS(=O)(=O)c1cc(N)cs1. The molecular formula is C9H16N2O3S2. The minimum Gasteiger partial charge on any atom is -0.398 e. The Morgan fingerprint density at radius 2 is 2.19 bits per heavy atom. The molecule has 1 aromatic rings. The molecule has 5 nitrogen and oxygen atoms in total. The first kappa shape index (κ1) is 13.4. The molecule has 0 bridgehead atoms. The van der Waals surface area contributed by atoms with Crippen molar-refractivity contribution >= 4 is 27.0 Å². The van der Waals surface area contributed by atoms with Gasteiger partial charge >= 0.3 is 0 Å². The number of nitrogens with two attached hydrogens (primary N) is 1. The molecule has 4 N–H and O–H groups in total. The fourth-order valence-electron chi connectivity index (χ4n) is 1.05. The van der Waals surface area contributed by atoms with Gasteiger partial charge in [0.1, 0.15) is 4.21 Å². The summed E-state index contributed by atoms with van der Waals surface area (Å²) in [4.78, 5) is 0. The second-order valence-corrected chi connectivity index (χ2v) is 6.62. The van der Waals surface area contributed by atoms with Crippen molar-refractivity contribution in [2.45, 2.75) is 24.1 Å². The molecule has 0 saturated carbocycles. The fourth-order valence-corrected chi connectivity index (χ4v) is 3.50. The molecule has 16 heavy (non-hydrogen) atoms. The van der Waals surface area contributed by atoms with E-state index in [1.807, 2.05) is 0 Å². The quantitative estimate of drug-likeness (QED) is 0.727. The molecule has 0 fully saturated rings. The molecule has 1 heterocycles. The minimum absolute atomic E-state index is 0.0593. The Morgan fingerprint density at radius 1 is 1.56 bits per heavy atom. The van der Waals surface area contributed by atoms with Gasteiger partial charge in [0.25, 0.3) is 0 Å². The summed E-state index contributed by atoms with van der Waals surface area (Å²) in [7, 11) is -3.52. The average molecular weight is 264 g/mol. The molecule has 7 heteroatoms. The molecule has 1 rings (SSSR count). The molecule has 0 spiro atoms. The lowest BCUT2D eigenvalue weighted by Crippen LogP contribution is -2.37. The highest BCUT2D eigenvalue weighted by Crippen LogP contribution is 2.22. The molecule has 0 aliphatic heterocycles. The van der Waals surface area contributed by atoms with Crippen LogP contribution >= 0.6 is 11.3 Å². The third-order valence-electron chi connectivity index (χ3n) is 2.34. The molecule has 1 aromatic heterocycles. The van der Waals surface area contributed by atoms with E-state index in [-0.39, 0.29) is 22.8 Å². The number of rotatable bonds is 5. The van der Waals surface area contributed by atoms with E-state index in [4.69, 9.17) is 10.8 Å². The van der Waals surface area contributed by atoms with Crippen LogP contribution < -0.4 is 10.5 Å². The van der Waals surface area contributed by atoms with Crippen LogP contribution in [-0.2, 0) is 10.0 Å². The fraction of sp³-hybridized carbons (Fsp3) is 0.556. The lowest BCUT2D eigenvalue weighted by Gasteiger charge is -2.18. The molecule has 92 valence electrons. The van der Waals surface area contributed by atoms with E-state index in [1.165, 1.54) is 6.07 Å². The Morgan fingerprint density at radius 3 is 2.62 bits per heavy atom. The minimum atomic E-state index is -3.52. The van der Waals surface area contributed by atoms with E-state index in [1.54, 1.807) is 19.2 Å². The number of anilines is 1. The van der Waals surface area contributed by atoms with Crippen LogP contribution in [-0.4, -0.2) is 26.2 Å². The second-order valence-electron chi connectivity index (χ2n) is 3.77. The molecule has 0 saturated heterocycles. The molecule has 0 aliphatic rings. The Hall–Kier alpha value is -0.630. The number of hydrogen-bond donors (Lipinski definition) is 3. The van der Waals surface area contributed by atoms with Crippen LogP contribution in [0, 0.1) is 5.92 Å². The van der Waals surface area contributed by atoms with Gasteiger partial charge in [-0.25, -0.2) is 13.1 Å². The van der Waals surface area contributed by atoms with Gasteiger partial charge in [-0.05, 0) is 18.9 Å². The van der Waals surface area contributed by atoms with Crippen molar-refractivity contribution in [2.75, 3.05) is 12.3 Å². The number of aliphatic hydroxyl groups excluding tert-OH is 1. The summed E-state index contributed by atoms with van der Waals surface area (Å²) in [6.07, 6.45) is 0. The van der Waals surface area contributed by atoms with Gasteiger partial charge in [0, 0.05) is 23.7 Å². The average Bonchev–Trinajstić information content (AvgIpc) is 2.63. The largest absolute Gasteiger partial charge is 0.398 e. The number of thiophene rings is 1. The van der Waals surface area contributed by atoms with E-state index in [0.717, 1.165) is 11.3 Å². The van der Waals surface area contributed by atoms with Crippen LogP contribution in [0.1, 0.15) is 13.8 Å². The highest BCUT2D eigenvalue weighted by molar-refractivity contribution is 7.91. The second kappa shape index (κ2) is 5.13. The number of hydrogen-bond acceptors (Lipinski definition) is 5. The number of nitrogen functional groups attached to an aromatic ring is 1. The van der Waals surface area contributed by atoms with Gasteiger partial charge in [-0.15, -0.1) is 11.3 Å². The summed E-state index contributed by atoms with van der Waals surface area (Å²) in [5.41, 5.74) is 5.91. The van der Waals surface area contributed by atoms with Crippen LogP contribution in [0.15, 0.2) is 15.7 Å². The molecule has 0 radical (unpaired) electrons. The third-order valence-corrected chi connectivity index (χ3v) is 5.36. The number of aliphatic hydroxyl groups is 1. The van der Waals surface area contributed by atoms with E-state index < -0.39 is 10.0 Å². The summed E-state index contributed by atoms with van der Waals surface area (Å²) >= 11 is 1.08. The maximum atomic E-state index is 11.8. The number of sulfonamides is 1. The normalized spacial score (nSPS) is 15.9. The van der Waals surface area contributed by atoms with Crippen molar-refractivity contribution in [1.82, 2.24) is 4.72 Å². The van der Waals surface area contributed by atoms with Crippen molar-refractivity contribution in [3.63, 3.8) is 0 Å².